The molecule has 43 heavy (non-hydrogen) atoms. The van der Waals surface area contributed by atoms with E-state index in [-0.39, 0.29) is 0 Å². The maximum absolute atomic E-state index is 12.4. The van der Waals surface area contributed by atoms with Crippen LogP contribution in [0.25, 0.3) is 0 Å². The molecule has 230 valence electrons. The highest BCUT2D eigenvalue weighted by Gasteiger charge is 2.86. The second-order valence-corrected chi connectivity index (χ2v) is 11.1. The van der Waals surface area contributed by atoms with E-state index in [4.69, 9.17) is 18.9 Å². The van der Waals surface area contributed by atoms with Gasteiger partial charge in [0, 0.05) is 0 Å². The molecule has 3 aromatic carbocycles. The summed E-state index contributed by atoms with van der Waals surface area (Å²) in [5, 5.41) is 86.8. The second kappa shape index (κ2) is 11.0. The SMILES string of the molecule is OC[C@H]1OC(CO)(O[C@]23O[C@H](C(O)C(c4ccccc4)(c4ccccc4)c4ccccc4)[C@@H](O)[C@H](O)[C@]2(O)O3)[C@@H](O)[C@@H]1O. The van der Waals surface area contributed by atoms with Crippen molar-refractivity contribution in [2.75, 3.05) is 13.2 Å². The van der Waals surface area contributed by atoms with E-state index < -0.39 is 78.9 Å². The van der Waals surface area contributed by atoms with E-state index in [0.717, 1.165) is 0 Å². The van der Waals surface area contributed by atoms with E-state index in [0.29, 0.717) is 16.7 Å². The number of rotatable bonds is 9. The number of hydrogen-bond donors (Lipinski definition) is 8. The first-order valence-corrected chi connectivity index (χ1v) is 13.9. The van der Waals surface area contributed by atoms with Crippen LogP contribution in [0.15, 0.2) is 91.0 Å². The van der Waals surface area contributed by atoms with Crippen LogP contribution >= 0.6 is 0 Å². The summed E-state index contributed by atoms with van der Waals surface area (Å²) in [6.45, 7) is -1.85. The van der Waals surface area contributed by atoms with Crippen LogP contribution in [-0.4, -0.2) is 114 Å². The fourth-order valence-electron chi connectivity index (χ4n) is 6.40. The molecular formula is C31H34O12. The van der Waals surface area contributed by atoms with Gasteiger partial charge in [0.25, 0.3) is 5.79 Å². The van der Waals surface area contributed by atoms with Crippen LogP contribution in [-0.2, 0) is 24.4 Å². The zero-order chi connectivity index (χ0) is 30.6. The highest BCUT2D eigenvalue weighted by Crippen LogP contribution is 2.59. The number of aliphatic hydroxyl groups is 8. The summed E-state index contributed by atoms with van der Waals surface area (Å²) in [6.07, 6.45) is -12.5. The number of fused-ring (bicyclic) bond motifs is 1. The van der Waals surface area contributed by atoms with Crippen molar-refractivity contribution < 1.29 is 59.8 Å². The number of hydrogen-bond acceptors (Lipinski definition) is 12. The van der Waals surface area contributed by atoms with Gasteiger partial charge in [-0.1, -0.05) is 91.0 Å². The normalized spacial score (nSPS) is 38.0. The zero-order valence-electron chi connectivity index (χ0n) is 22.8. The molecule has 8 N–H and O–H groups in total. The molecule has 0 aliphatic carbocycles. The van der Waals surface area contributed by atoms with Crippen LogP contribution in [0.2, 0.25) is 0 Å². The first kappa shape index (κ1) is 30.2. The van der Waals surface area contributed by atoms with Gasteiger partial charge in [-0.2, -0.15) is 0 Å². The van der Waals surface area contributed by atoms with Gasteiger partial charge >= 0.3 is 5.97 Å². The lowest BCUT2D eigenvalue weighted by atomic mass is 9.63. The molecule has 0 spiro atoms. The molecule has 10 atom stereocenters. The van der Waals surface area contributed by atoms with Crippen LogP contribution < -0.4 is 0 Å². The third-order valence-electron chi connectivity index (χ3n) is 8.69. The van der Waals surface area contributed by atoms with Crippen LogP contribution in [0.4, 0.5) is 0 Å². The summed E-state index contributed by atoms with van der Waals surface area (Å²) in [5.41, 5.74) is 0.380. The van der Waals surface area contributed by atoms with Crippen molar-refractivity contribution in [3.63, 3.8) is 0 Å². The first-order chi connectivity index (χ1) is 20.6. The number of ether oxygens (including phenoxy) is 4. The molecule has 2 unspecified atom stereocenters. The summed E-state index contributed by atoms with van der Waals surface area (Å²) < 4.78 is 22.5. The van der Waals surface area contributed by atoms with Gasteiger partial charge in [0.2, 0.25) is 5.79 Å². The molecule has 0 aromatic heterocycles. The van der Waals surface area contributed by atoms with E-state index in [1.54, 1.807) is 72.8 Å². The van der Waals surface area contributed by atoms with Crippen molar-refractivity contribution in [2.24, 2.45) is 0 Å². The third-order valence-corrected chi connectivity index (χ3v) is 8.69. The van der Waals surface area contributed by atoms with Crippen LogP contribution in [0.1, 0.15) is 16.7 Å². The van der Waals surface area contributed by atoms with Crippen molar-refractivity contribution in [3.8, 4) is 0 Å². The minimum Gasteiger partial charge on any atom is -0.394 e. The molecule has 3 aliphatic rings. The lowest BCUT2D eigenvalue weighted by Gasteiger charge is -2.47. The molecule has 0 radical (unpaired) electrons. The molecule has 3 aliphatic heterocycles. The molecule has 0 saturated carbocycles. The Bertz CT molecular complexity index is 1300. The fraction of sp³-hybridized carbons (Fsp3) is 0.419. The Labute approximate surface area is 246 Å². The fourth-order valence-corrected chi connectivity index (χ4v) is 6.40. The molecular weight excluding hydrogens is 564 g/mol. The zero-order valence-corrected chi connectivity index (χ0v) is 22.8. The Morgan fingerprint density at radius 1 is 0.721 bits per heavy atom. The van der Waals surface area contributed by atoms with Gasteiger partial charge in [0.15, 0.2) is 0 Å². The molecule has 3 saturated heterocycles. The number of aliphatic hydroxyl groups excluding tert-OH is 7. The quantitative estimate of drug-likeness (QED) is 0.107. The summed E-state index contributed by atoms with van der Waals surface area (Å²) >= 11 is 0. The van der Waals surface area contributed by atoms with Gasteiger partial charge in [0.05, 0.1) is 12.0 Å². The summed E-state index contributed by atoms with van der Waals surface area (Å²) in [5.74, 6) is -7.88. The van der Waals surface area contributed by atoms with Crippen LogP contribution in [0.5, 0.6) is 0 Å². The Morgan fingerprint density at radius 3 is 1.63 bits per heavy atom. The van der Waals surface area contributed by atoms with Gasteiger partial charge in [-0.05, 0) is 16.7 Å². The molecule has 6 rings (SSSR count). The van der Waals surface area contributed by atoms with Gasteiger partial charge < -0.3 is 50.3 Å². The molecule has 12 nitrogen and oxygen atoms in total. The van der Waals surface area contributed by atoms with Crippen molar-refractivity contribution in [3.05, 3.63) is 108 Å². The van der Waals surface area contributed by atoms with E-state index in [1.165, 1.54) is 0 Å². The van der Waals surface area contributed by atoms with E-state index in [2.05, 4.69) is 0 Å². The van der Waals surface area contributed by atoms with Crippen LogP contribution in [0, 0.1) is 0 Å². The lowest BCUT2D eigenvalue weighted by molar-refractivity contribution is -0.405. The first-order valence-electron chi connectivity index (χ1n) is 13.9. The van der Waals surface area contributed by atoms with E-state index in [9.17, 15) is 40.9 Å². The average Bonchev–Trinajstić information content (AvgIpc) is 3.58. The maximum Gasteiger partial charge on any atom is 0.349 e. The molecule has 12 heteroatoms. The number of benzene rings is 3. The van der Waals surface area contributed by atoms with Crippen molar-refractivity contribution in [1.29, 1.82) is 0 Å². The monoisotopic (exact) mass is 598 g/mol. The maximum atomic E-state index is 12.4. The van der Waals surface area contributed by atoms with E-state index >= 15 is 0 Å². The van der Waals surface area contributed by atoms with Crippen LogP contribution in [0.3, 0.4) is 0 Å². The van der Waals surface area contributed by atoms with Gasteiger partial charge in [-0.25, -0.2) is 0 Å². The number of epoxide rings is 1. The Balaban J connectivity index is 1.47. The minimum absolute atomic E-state index is 0.605. The average molecular weight is 599 g/mol. The summed E-state index contributed by atoms with van der Waals surface area (Å²) in [6, 6.07) is 26.9. The highest BCUT2D eigenvalue weighted by atomic mass is 17.0. The molecule has 0 bridgehead atoms. The van der Waals surface area contributed by atoms with Crippen molar-refractivity contribution in [2.45, 2.75) is 65.7 Å². The predicted octanol–water partition coefficient (Wildman–Crippen LogP) is -1.31. The van der Waals surface area contributed by atoms with Gasteiger partial charge in [-0.3, -0.25) is 9.47 Å². The summed E-state index contributed by atoms with van der Waals surface area (Å²) in [7, 11) is 0. The third kappa shape index (κ3) is 4.38. The topological polar surface area (TPSA) is 202 Å². The molecule has 3 heterocycles. The van der Waals surface area contributed by atoms with Gasteiger partial charge in [-0.15, -0.1) is 0 Å². The molecule has 0 amide bonds. The van der Waals surface area contributed by atoms with Gasteiger partial charge in [0.1, 0.15) is 49.3 Å². The van der Waals surface area contributed by atoms with Crippen molar-refractivity contribution in [1.82, 2.24) is 0 Å². The Hall–Kier alpha value is -2.82. The lowest BCUT2D eigenvalue weighted by Crippen LogP contribution is -2.66. The second-order valence-electron chi connectivity index (χ2n) is 11.1. The predicted molar refractivity (Wildman–Crippen MR) is 146 cm³/mol. The Morgan fingerprint density at radius 2 is 1.21 bits per heavy atom. The summed E-state index contributed by atoms with van der Waals surface area (Å²) in [4.78, 5) is 0. The van der Waals surface area contributed by atoms with E-state index in [1.807, 2.05) is 18.2 Å². The minimum atomic E-state index is -2.72. The Kier molecular flexibility index (Phi) is 7.70. The highest BCUT2D eigenvalue weighted by molar-refractivity contribution is 5.52. The molecule has 3 fully saturated rings. The largest absolute Gasteiger partial charge is 0.394 e. The standard InChI is InChI=1S/C31H34O12/c32-16-21-22(34)25(36)28(17-33,40-21)42-31-30(39,43-31)26(37)23(35)24(41-31)27(38)29(18-10-4-1-5-11-18,19-12-6-2-7-13-19)20-14-8-3-9-15-20/h1-15,21-27,32-39H,16-17H2/t21-,22-,23-,24+,25+,26+,27?,28?,30+,31-/m1/s1. The van der Waals surface area contributed by atoms with Crippen molar-refractivity contribution >= 4 is 0 Å². The smallest absolute Gasteiger partial charge is 0.349 e. The molecule has 3 aromatic rings.